The topological polar surface area (TPSA) is 63.4 Å². The molecule has 0 unspecified atom stereocenters. The van der Waals surface area contributed by atoms with Crippen molar-refractivity contribution in [2.45, 2.75) is 20.4 Å². The van der Waals surface area contributed by atoms with Gasteiger partial charge in [0, 0.05) is 34.3 Å². The predicted molar refractivity (Wildman–Crippen MR) is 114 cm³/mol. The van der Waals surface area contributed by atoms with E-state index in [2.05, 4.69) is 10.2 Å². The van der Waals surface area contributed by atoms with Gasteiger partial charge in [0.2, 0.25) is 5.82 Å². The van der Waals surface area contributed by atoms with Crippen LogP contribution in [-0.4, -0.2) is 44.4 Å². The molecule has 0 bridgehead atoms. The van der Waals surface area contributed by atoms with Crippen LogP contribution in [0.15, 0.2) is 47.5 Å². The maximum Gasteiger partial charge on any atom is 0.292 e. The van der Waals surface area contributed by atoms with Crippen LogP contribution >= 0.6 is 23.2 Å². The number of fused-ring (bicyclic) bond motifs is 3. The third-order valence-corrected chi connectivity index (χ3v) is 5.50. The standard InChI is InChI=1S/C21H19Cl2N5O/c1-3-27(4-2)21(29)20-26-25-18-12-24-19(14-7-5-6-8-16(14)23)15-11-13(22)9-10-17(15)28(18)20/h5-11H,3-4,12H2,1-2H3. The van der Waals surface area contributed by atoms with Crippen LogP contribution in [0.5, 0.6) is 0 Å². The zero-order chi connectivity index (χ0) is 20.5. The van der Waals surface area contributed by atoms with Gasteiger partial charge >= 0.3 is 0 Å². The van der Waals surface area contributed by atoms with Gasteiger partial charge in [-0.3, -0.25) is 14.4 Å². The minimum Gasteiger partial charge on any atom is -0.336 e. The van der Waals surface area contributed by atoms with Gasteiger partial charge in [-0.05, 0) is 38.1 Å². The molecule has 1 aromatic heterocycles. The lowest BCUT2D eigenvalue weighted by molar-refractivity contribution is 0.0758. The Morgan fingerprint density at radius 2 is 1.83 bits per heavy atom. The first-order chi connectivity index (χ1) is 14.0. The van der Waals surface area contributed by atoms with E-state index in [1.807, 2.05) is 50.2 Å². The summed E-state index contributed by atoms with van der Waals surface area (Å²) >= 11 is 12.8. The van der Waals surface area contributed by atoms with E-state index in [9.17, 15) is 4.79 Å². The van der Waals surface area contributed by atoms with Crippen LogP contribution in [0.25, 0.3) is 5.69 Å². The summed E-state index contributed by atoms with van der Waals surface area (Å²) in [6.45, 7) is 5.32. The number of carbonyl (C=O) groups is 1. The molecule has 0 aliphatic carbocycles. The molecule has 2 heterocycles. The number of carbonyl (C=O) groups excluding carboxylic acids is 1. The molecule has 6 nitrogen and oxygen atoms in total. The first-order valence-electron chi connectivity index (χ1n) is 9.38. The monoisotopic (exact) mass is 427 g/mol. The molecule has 0 N–H and O–H groups in total. The molecule has 8 heteroatoms. The number of nitrogens with zero attached hydrogens (tertiary/aromatic N) is 5. The number of hydrogen-bond donors (Lipinski definition) is 0. The molecule has 1 amide bonds. The number of rotatable bonds is 4. The molecule has 148 valence electrons. The van der Waals surface area contributed by atoms with Gasteiger partial charge in [-0.2, -0.15) is 0 Å². The lowest BCUT2D eigenvalue weighted by atomic mass is 10.0. The molecule has 3 aromatic rings. The van der Waals surface area contributed by atoms with Gasteiger partial charge in [0.15, 0.2) is 5.82 Å². The van der Waals surface area contributed by atoms with E-state index < -0.39 is 0 Å². The van der Waals surface area contributed by atoms with E-state index in [0.29, 0.717) is 34.7 Å². The van der Waals surface area contributed by atoms with Crippen molar-refractivity contribution in [3.8, 4) is 5.69 Å². The number of hydrogen-bond acceptors (Lipinski definition) is 4. The first-order valence-corrected chi connectivity index (χ1v) is 10.1. The lowest BCUT2D eigenvalue weighted by Crippen LogP contribution is -2.32. The maximum absolute atomic E-state index is 13.1. The van der Waals surface area contributed by atoms with Gasteiger partial charge in [-0.25, -0.2) is 0 Å². The zero-order valence-corrected chi connectivity index (χ0v) is 17.6. The fourth-order valence-electron chi connectivity index (χ4n) is 3.47. The second-order valence-corrected chi connectivity index (χ2v) is 7.40. The molecule has 0 radical (unpaired) electrons. The molecule has 29 heavy (non-hydrogen) atoms. The molecule has 1 aliphatic heterocycles. The average Bonchev–Trinajstić information content (AvgIpc) is 3.07. The van der Waals surface area contributed by atoms with Gasteiger partial charge in [0.05, 0.1) is 11.4 Å². The van der Waals surface area contributed by atoms with Crippen LogP contribution in [-0.2, 0) is 6.54 Å². The van der Waals surface area contributed by atoms with Crippen LogP contribution in [0.2, 0.25) is 10.0 Å². The summed E-state index contributed by atoms with van der Waals surface area (Å²) in [5, 5.41) is 9.60. The molecule has 0 spiro atoms. The highest BCUT2D eigenvalue weighted by Crippen LogP contribution is 2.30. The molecular formula is C21H19Cl2N5O. The van der Waals surface area contributed by atoms with E-state index in [0.717, 1.165) is 16.8 Å². The van der Waals surface area contributed by atoms with E-state index in [-0.39, 0.29) is 18.3 Å². The fraction of sp³-hybridized carbons (Fsp3) is 0.238. The summed E-state index contributed by atoms with van der Waals surface area (Å²) in [5.41, 5.74) is 3.03. The van der Waals surface area contributed by atoms with Crippen molar-refractivity contribution in [2.75, 3.05) is 13.1 Å². The van der Waals surface area contributed by atoms with Crippen LogP contribution in [0.4, 0.5) is 0 Å². The van der Waals surface area contributed by atoms with Gasteiger partial charge in [0.25, 0.3) is 5.91 Å². The van der Waals surface area contributed by atoms with Gasteiger partial charge < -0.3 is 4.90 Å². The second kappa shape index (κ2) is 7.97. The summed E-state index contributed by atoms with van der Waals surface area (Å²) in [4.78, 5) is 19.5. The molecule has 1 aliphatic rings. The first kappa shape index (κ1) is 19.6. The highest BCUT2D eigenvalue weighted by molar-refractivity contribution is 6.36. The number of halogens is 2. The number of amides is 1. The average molecular weight is 428 g/mol. The lowest BCUT2D eigenvalue weighted by Gasteiger charge is -2.19. The Labute approximate surface area is 178 Å². The normalized spacial score (nSPS) is 12.6. The molecule has 0 saturated heterocycles. The van der Waals surface area contributed by atoms with Crippen molar-refractivity contribution in [1.29, 1.82) is 0 Å². The zero-order valence-electron chi connectivity index (χ0n) is 16.1. The SMILES string of the molecule is CCN(CC)C(=O)c1nnc2n1-c1ccc(Cl)cc1C(c1ccccc1Cl)=NC2. The molecule has 0 saturated carbocycles. The minimum absolute atomic E-state index is 0.171. The Kier molecular flexibility index (Phi) is 5.39. The Hall–Kier alpha value is -2.70. The Morgan fingerprint density at radius 3 is 2.55 bits per heavy atom. The molecule has 0 fully saturated rings. The van der Waals surface area contributed by atoms with Crippen molar-refractivity contribution >= 4 is 34.8 Å². The highest BCUT2D eigenvalue weighted by Gasteiger charge is 2.28. The van der Waals surface area contributed by atoms with Crippen molar-refractivity contribution in [3.63, 3.8) is 0 Å². The minimum atomic E-state index is -0.171. The van der Waals surface area contributed by atoms with Gasteiger partial charge in [-0.1, -0.05) is 41.4 Å². The van der Waals surface area contributed by atoms with Crippen molar-refractivity contribution < 1.29 is 4.79 Å². The Balaban J connectivity index is 1.93. The summed E-state index contributed by atoms with van der Waals surface area (Å²) < 4.78 is 1.78. The molecule has 4 rings (SSSR count). The van der Waals surface area contributed by atoms with E-state index in [4.69, 9.17) is 28.2 Å². The Morgan fingerprint density at radius 1 is 1.07 bits per heavy atom. The van der Waals surface area contributed by atoms with Gasteiger partial charge in [-0.15, -0.1) is 10.2 Å². The summed E-state index contributed by atoms with van der Waals surface area (Å²) in [6.07, 6.45) is 0. The second-order valence-electron chi connectivity index (χ2n) is 6.56. The van der Waals surface area contributed by atoms with E-state index in [1.54, 1.807) is 15.5 Å². The largest absolute Gasteiger partial charge is 0.336 e. The van der Waals surface area contributed by atoms with Crippen molar-refractivity contribution in [1.82, 2.24) is 19.7 Å². The van der Waals surface area contributed by atoms with Crippen molar-refractivity contribution in [2.24, 2.45) is 4.99 Å². The number of aliphatic imine (C=N–C) groups is 1. The fourth-order valence-corrected chi connectivity index (χ4v) is 3.87. The molecular weight excluding hydrogens is 409 g/mol. The Bertz CT molecular complexity index is 1120. The van der Waals surface area contributed by atoms with Crippen LogP contribution in [0.1, 0.15) is 41.4 Å². The summed E-state index contributed by atoms with van der Waals surface area (Å²) in [5.74, 6) is 0.685. The summed E-state index contributed by atoms with van der Waals surface area (Å²) in [6, 6.07) is 13.0. The van der Waals surface area contributed by atoms with Crippen LogP contribution < -0.4 is 0 Å². The van der Waals surface area contributed by atoms with Gasteiger partial charge in [0.1, 0.15) is 6.54 Å². The van der Waals surface area contributed by atoms with Crippen LogP contribution in [0, 0.1) is 0 Å². The summed E-state index contributed by atoms with van der Waals surface area (Å²) in [7, 11) is 0. The highest BCUT2D eigenvalue weighted by atomic mass is 35.5. The van der Waals surface area contributed by atoms with Crippen LogP contribution in [0.3, 0.4) is 0 Å². The smallest absolute Gasteiger partial charge is 0.292 e. The van der Waals surface area contributed by atoms with Crippen molar-refractivity contribution in [3.05, 3.63) is 75.3 Å². The molecule has 2 aromatic carbocycles. The van der Waals surface area contributed by atoms with E-state index in [1.165, 1.54) is 0 Å². The number of aromatic nitrogens is 3. The predicted octanol–water partition coefficient (Wildman–Crippen LogP) is 4.41. The van der Waals surface area contributed by atoms with E-state index >= 15 is 0 Å². The third-order valence-electron chi connectivity index (χ3n) is 4.93. The third kappa shape index (κ3) is 3.43. The quantitative estimate of drug-likeness (QED) is 0.619. The maximum atomic E-state index is 13.1. The molecule has 0 atom stereocenters. The number of benzene rings is 2.